The van der Waals surface area contributed by atoms with Crippen molar-refractivity contribution >= 4 is 18.3 Å². The van der Waals surface area contributed by atoms with Crippen LogP contribution in [0.1, 0.15) is 13.3 Å². The fourth-order valence-corrected chi connectivity index (χ4v) is 1.80. The van der Waals surface area contributed by atoms with E-state index in [1.807, 2.05) is 0 Å². The van der Waals surface area contributed by atoms with Crippen molar-refractivity contribution in [1.82, 2.24) is 10.6 Å². The van der Waals surface area contributed by atoms with Crippen LogP contribution in [0.15, 0.2) is 0 Å². The minimum atomic E-state index is 0. The van der Waals surface area contributed by atoms with E-state index in [-0.39, 0.29) is 23.7 Å². The number of hydrogen-bond donors (Lipinski definition) is 2. The van der Waals surface area contributed by atoms with Crippen molar-refractivity contribution in [3.8, 4) is 0 Å². The first-order valence-electron chi connectivity index (χ1n) is 3.73. The molecule has 0 radical (unpaired) electrons. The maximum Gasteiger partial charge on any atom is 0.220 e. The van der Waals surface area contributed by atoms with Gasteiger partial charge in [0.2, 0.25) is 5.91 Å². The molecule has 1 atom stereocenters. The monoisotopic (exact) mass is 176 g/mol. The van der Waals surface area contributed by atoms with Gasteiger partial charge in [-0.3, -0.25) is 4.79 Å². The number of amides is 1. The Morgan fingerprint density at radius 2 is 2.18 bits per heavy atom. The second-order valence-electron chi connectivity index (χ2n) is 3.43. The van der Waals surface area contributed by atoms with Gasteiger partial charge in [-0.2, -0.15) is 0 Å². The zero-order valence-electron chi connectivity index (χ0n) is 6.52. The number of carbonyl (C=O) groups excluding carboxylic acids is 1. The smallest absolute Gasteiger partial charge is 0.220 e. The Hall–Kier alpha value is -0.280. The van der Waals surface area contributed by atoms with Gasteiger partial charge in [0, 0.05) is 31.0 Å². The van der Waals surface area contributed by atoms with Crippen LogP contribution in [-0.2, 0) is 4.79 Å². The Labute approximate surface area is 72.3 Å². The first kappa shape index (κ1) is 8.81. The zero-order chi connectivity index (χ0) is 7.19. The van der Waals surface area contributed by atoms with E-state index < -0.39 is 0 Å². The number of nitrogens with one attached hydrogen (secondary N) is 2. The zero-order valence-corrected chi connectivity index (χ0v) is 7.33. The quantitative estimate of drug-likeness (QED) is 0.542. The highest BCUT2D eigenvalue weighted by Crippen LogP contribution is 2.35. The molecule has 3 nitrogen and oxygen atoms in total. The molecule has 64 valence electrons. The van der Waals surface area contributed by atoms with Crippen molar-refractivity contribution in [1.29, 1.82) is 0 Å². The van der Waals surface area contributed by atoms with Crippen molar-refractivity contribution in [3.63, 3.8) is 0 Å². The molecule has 1 amide bonds. The molecule has 2 aliphatic rings. The Morgan fingerprint density at radius 1 is 1.55 bits per heavy atom. The topological polar surface area (TPSA) is 41.1 Å². The van der Waals surface area contributed by atoms with E-state index in [0.717, 1.165) is 19.5 Å². The summed E-state index contributed by atoms with van der Waals surface area (Å²) >= 11 is 0. The Balaban J connectivity index is 0.000000605. The van der Waals surface area contributed by atoms with Gasteiger partial charge in [0.1, 0.15) is 0 Å². The van der Waals surface area contributed by atoms with E-state index in [4.69, 9.17) is 0 Å². The van der Waals surface area contributed by atoms with Crippen molar-refractivity contribution in [2.45, 2.75) is 19.4 Å². The molecule has 0 aromatic heterocycles. The molecule has 2 saturated heterocycles. The summed E-state index contributed by atoms with van der Waals surface area (Å²) in [5.41, 5.74) is 0.275. The summed E-state index contributed by atoms with van der Waals surface area (Å²) in [5.74, 6) is 0.217. The molecular weight excluding hydrogens is 164 g/mol. The lowest BCUT2D eigenvalue weighted by Gasteiger charge is -2.41. The maximum atomic E-state index is 10.9. The molecule has 0 aromatic carbocycles. The summed E-state index contributed by atoms with van der Waals surface area (Å²) in [5, 5.41) is 6.13. The van der Waals surface area contributed by atoms with E-state index in [2.05, 4.69) is 17.6 Å². The average molecular weight is 177 g/mol. The predicted molar refractivity (Wildman–Crippen MR) is 44.8 cm³/mol. The molecule has 2 fully saturated rings. The van der Waals surface area contributed by atoms with Crippen molar-refractivity contribution in [3.05, 3.63) is 0 Å². The molecular formula is C7H13ClN2O. The summed E-state index contributed by atoms with van der Waals surface area (Å²) in [7, 11) is 0. The van der Waals surface area contributed by atoms with Gasteiger partial charge in [-0.1, -0.05) is 0 Å². The van der Waals surface area contributed by atoms with Crippen LogP contribution in [0.4, 0.5) is 0 Å². The molecule has 0 aliphatic carbocycles. The van der Waals surface area contributed by atoms with Gasteiger partial charge in [0.05, 0.1) is 0 Å². The lowest BCUT2D eigenvalue weighted by molar-refractivity contribution is -0.119. The standard InChI is InChI=1S/C7H12N2O.ClH/c1-5-7(3-8-4-7)2-6(10)9-5;/h5,8H,2-4H2,1H3,(H,9,10);1H. The van der Waals surface area contributed by atoms with Crippen molar-refractivity contribution in [2.24, 2.45) is 5.41 Å². The van der Waals surface area contributed by atoms with Crippen LogP contribution < -0.4 is 10.6 Å². The fraction of sp³-hybridized carbons (Fsp3) is 0.857. The largest absolute Gasteiger partial charge is 0.353 e. The third-order valence-electron chi connectivity index (χ3n) is 2.76. The molecule has 0 bridgehead atoms. The molecule has 4 heteroatoms. The van der Waals surface area contributed by atoms with Gasteiger partial charge in [0.15, 0.2) is 0 Å². The Morgan fingerprint density at radius 3 is 2.36 bits per heavy atom. The first-order valence-corrected chi connectivity index (χ1v) is 3.73. The lowest BCUT2D eigenvalue weighted by Crippen LogP contribution is -2.58. The van der Waals surface area contributed by atoms with Gasteiger partial charge in [-0.15, -0.1) is 12.4 Å². The van der Waals surface area contributed by atoms with E-state index in [9.17, 15) is 4.79 Å². The van der Waals surface area contributed by atoms with Crippen molar-refractivity contribution < 1.29 is 4.79 Å². The molecule has 11 heavy (non-hydrogen) atoms. The lowest BCUT2D eigenvalue weighted by atomic mass is 9.76. The molecule has 2 aliphatic heterocycles. The Bertz CT molecular complexity index is 179. The summed E-state index contributed by atoms with van der Waals surface area (Å²) in [6.45, 7) is 4.10. The summed E-state index contributed by atoms with van der Waals surface area (Å²) in [6.07, 6.45) is 0.723. The Kier molecular flexibility index (Phi) is 2.12. The summed E-state index contributed by atoms with van der Waals surface area (Å²) in [6, 6.07) is 0.376. The fourth-order valence-electron chi connectivity index (χ4n) is 1.80. The molecule has 0 aromatic rings. The third-order valence-corrected chi connectivity index (χ3v) is 2.76. The maximum absolute atomic E-state index is 10.9. The average Bonchev–Trinajstić information content (AvgIpc) is 2.04. The number of halogens is 1. The molecule has 1 unspecified atom stereocenters. The van der Waals surface area contributed by atoms with Crippen molar-refractivity contribution in [2.75, 3.05) is 13.1 Å². The van der Waals surface area contributed by atoms with Crippen LogP contribution in [0, 0.1) is 5.41 Å². The van der Waals surface area contributed by atoms with Crippen LogP contribution >= 0.6 is 12.4 Å². The van der Waals surface area contributed by atoms with Crippen LogP contribution in [0.2, 0.25) is 0 Å². The van der Waals surface area contributed by atoms with E-state index in [0.29, 0.717) is 6.04 Å². The van der Waals surface area contributed by atoms with Crippen LogP contribution in [0.5, 0.6) is 0 Å². The van der Waals surface area contributed by atoms with Gasteiger partial charge in [-0.05, 0) is 6.92 Å². The summed E-state index contributed by atoms with van der Waals surface area (Å²) in [4.78, 5) is 10.9. The first-order chi connectivity index (χ1) is 4.73. The summed E-state index contributed by atoms with van der Waals surface area (Å²) < 4.78 is 0. The highest BCUT2D eigenvalue weighted by molar-refractivity contribution is 5.85. The second kappa shape index (κ2) is 2.64. The van der Waals surface area contributed by atoms with E-state index in [1.54, 1.807) is 0 Å². The highest BCUT2D eigenvalue weighted by atomic mass is 35.5. The van der Waals surface area contributed by atoms with E-state index >= 15 is 0 Å². The van der Waals surface area contributed by atoms with Crippen LogP contribution in [-0.4, -0.2) is 25.0 Å². The second-order valence-corrected chi connectivity index (χ2v) is 3.43. The highest BCUT2D eigenvalue weighted by Gasteiger charge is 2.48. The molecule has 2 N–H and O–H groups in total. The minimum absolute atomic E-state index is 0. The number of hydrogen-bond acceptors (Lipinski definition) is 2. The van der Waals surface area contributed by atoms with Crippen LogP contribution in [0.3, 0.4) is 0 Å². The van der Waals surface area contributed by atoms with Gasteiger partial charge in [-0.25, -0.2) is 0 Å². The molecule has 1 spiro atoms. The SMILES string of the molecule is CC1NC(=O)CC12CNC2.Cl. The molecule has 2 rings (SSSR count). The number of carbonyl (C=O) groups is 1. The van der Waals surface area contributed by atoms with Gasteiger partial charge < -0.3 is 10.6 Å². The van der Waals surface area contributed by atoms with E-state index in [1.165, 1.54) is 0 Å². The third kappa shape index (κ3) is 1.12. The molecule has 2 heterocycles. The van der Waals surface area contributed by atoms with Gasteiger partial charge in [0.25, 0.3) is 0 Å². The van der Waals surface area contributed by atoms with Crippen LogP contribution in [0.25, 0.3) is 0 Å². The van der Waals surface area contributed by atoms with Gasteiger partial charge >= 0.3 is 0 Å². The predicted octanol–water partition coefficient (Wildman–Crippen LogP) is -0.0938. The normalized spacial score (nSPS) is 32.5. The number of rotatable bonds is 0. The minimum Gasteiger partial charge on any atom is -0.353 e. The molecule has 0 saturated carbocycles.